The van der Waals surface area contributed by atoms with Gasteiger partial charge in [0.25, 0.3) is 0 Å². The molecule has 4 rings (SSSR count). The number of hydrogen-bond donors (Lipinski definition) is 0. The standard InChI is InChI=1S/2C9H7.2C4H11NOSi.2ClH.Ga.Zr/c2*1-2-5-9-7-3-6-8(9)4-1;2*1-7(2,3)4(5)6;;;;/h2*1-7H;2*1-3H3,(H2,5,6);2*1H;;/q2*-1;;;;;;+2/p-4. The van der Waals surface area contributed by atoms with Gasteiger partial charge in [-0.1, -0.05) is 51.4 Å². The van der Waals surface area contributed by atoms with Gasteiger partial charge >= 0.3 is 37.9 Å². The Morgan fingerprint density at radius 1 is 0.667 bits per heavy atom. The zero-order valence-corrected chi connectivity index (χ0v) is 30.1. The molecule has 0 atom stereocenters. The minimum Gasteiger partial charge on any atom is -0.168 e. The summed E-state index contributed by atoms with van der Waals surface area (Å²) in [6, 6.07) is 29.3. The van der Waals surface area contributed by atoms with Crippen LogP contribution < -0.4 is 0 Å². The largest absolute Gasteiger partial charge is 0.168 e. The smallest absolute Gasteiger partial charge is 0 e. The summed E-state index contributed by atoms with van der Waals surface area (Å²) in [6.45, 7) is 11.2. The topological polar surface area (TPSA) is 81.7 Å². The summed E-state index contributed by atoms with van der Waals surface area (Å²) in [5, 5.41) is 5.32. The first kappa shape index (κ1) is 37.3. The van der Waals surface area contributed by atoms with E-state index in [2.05, 4.69) is 84.9 Å². The zero-order chi connectivity index (χ0) is 27.1. The van der Waals surface area contributed by atoms with Crippen molar-refractivity contribution in [2.45, 2.75) is 39.3 Å². The van der Waals surface area contributed by atoms with Crippen LogP contribution in [0.3, 0.4) is 0 Å². The maximum atomic E-state index is 10.2. The molecule has 2 amide bonds. The van der Waals surface area contributed by atoms with Crippen molar-refractivity contribution in [3.05, 3.63) is 96.4 Å². The van der Waals surface area contributed by atoms with Gasteiger partial charge in [0.15, 0.2) is 0 Å². The first-order valence-corrected chi connectivity index (χ1v) is 24.3. The second kappa shape index (κ2) is 19.2. The van der Waals surface area contributed by atoms with Crippen LogP contribution >= 0.6 is 17.0 Å². The molecule has 4 nitrogen and oxygen atoms in total. The van der Waals surface area contributed by atoms with Crippen LogP contribution in [0.15, 0.2) is 84.9 Å². The van der Waals surface area contributed by atoms with Gasteiger partial charge in [-0.25, -0.2) is 0 Å². The molecule has 0 aliphatic rings. The van der Waals surface area contributed by atoms with E-state index in [1.54, 1.807) is 0 Å². The molecule has 0 unspecified atom stereocenters. The maximum absolute atomic E-state index is 10.2. The van der Waals surface area contributed by atoms with Crippen LogP contribution in [0.1, 0.15) is 0 Å². The summed E-state index contributed by atoms with van der Waals surface area (Å²) in [7, 11) is 6.45. The first-order chi connectivity index (χ1) is 16.2. The van der Waals surface area contributed by atoms with Crippen LogP contribution in [0.5, 0.6) is 0 Å². The maximum Gasteiger partial charge on any atom is 0 e. The molecule has 193 valence electrons. The van der Waals surface area contributed by atoms with Crippen LogP contribution in [-0.4, -0.2) is 47.0 Å². The minimum absolute atomic E-state index is 0. The van der Waals surface area contributed by atoms with Crippen LogP contribution in [0.25, 0.3) is 33.0 Å². The fourth-order valence-corrected chi connectivity index (χ4v) is 2.14. The molecular weight excluding hydrogens is 660 g/mol. The van der Waals surface area contributed by atoms with Crippen molar-refractivity contribution < 1.29 is 30.4 Å². The third-order valence-corrected chi connectivity index (χ3v) is 7.18. The molecule has 0 saturated carbocycles. The van der Waals surface area contributed by atoms with Crippen LogP contribution in [-0.2, 0) is 20.8 Å². The molecule has 0 spiro atoms. The Hall–Kier alpha value is -0.867. The molecule has 36 heavy (non-hydrogen) atoms. The number of carbonyl (C=O) groups is 2. The number of benzene rings is 2. The summed E-state index contributed by atoms with van der Waals surface area (Å²) in [5.74, 6) is 0. The summed E-state index contributed by atoms with van der Waals surface area (Å²) in [5.41, 5.74) is 12.6. The number of nitrogens with one attached hydrogen (secondary N) is 2. The van der Waals surface area contributed by atoms with Crippen molar-refractivity contribution >= 4 is 85.6 Å². The van der Waals surface area contributed by atoms with Gasteiger partial charge in [0.05, 0.1) is 16.1 Å². The number of rotatable bonds is 2. The third kappa shape index (κ3) is 16.8. The molecule has 0 fully saturated rings. The molecule has 4 aromatic carbocycles. The van der Waals surface area contributed by atoms with Crippen LogP contribution in [0.2, 0.25) is 39.3 Å². The zero-order valence-electron chi connectivity index (χ0n) is 21.7. The molecular formula is C26H34Cl2GaN2O2Si2Zr-4. The van der Waals surface area contributed by atoms with E-state index in [-0.39, 0.29) is 30.9 Å². The second-order valence-corrected chi connectivity index (χ2v) is 23.2. The van der Waals surface area contributed by atoms with Gasteiger partial charge in [-0.2, -0.15) is 35.0 Å². The van der Waals surface area contributed by atoms with Gasteiger partial charge in [0.2, 0.25) is 0 Å². The van der Waals surface area contributed by atoms with E-state index in [0.717, 1.165) is 0 Å². The molecule has 2 N–H and O–H groups in total. The summed E-state index contributed by atoms with van der Waals surface area (Å²) < 4.78 is 0. The van der Waals surface area contributed by atoms with E-state index < -0.39 is 37.0 Å². The van der Waals surface area contributed by atoms with Gasteiger partial charge in [-0.15, -0.1) is 59.3 Å². The van der Waals surface area contributed by atoms with Gasteiger partial charge in [-0.3, -0.25) is 0 Å². The molecule has 10 heteroatoms. The van der Waals surface area contributed by atoms with Crippen molar-refractivity contribution in [2.24, 2.45) is 0 Å². The molecule has 0 saturated heterocycles. The fraction of sp³-hybridized carbons (Fsp3) is 0.231. The molecule has 3 radical (unpaired) electrons. The summed E-state index contributed by atoms with van der Waals surface area (Å²) >= 11 is -0.826. The summed E-state index contributed by atoms with van der Waals surface area (Å²) in [6.07, 6.45) is 0. The Labute approximate surface area is 249 Å². The number of hydrogen-bond acceptors (Lipinski definition) is 2. The van der Waals surface area contributed by atoms with E-state index in [4.69, 9.17) is 28.5 Å². The second-order valence-electron chi connectivity index (χ2n) is 9.54. The van der Waals surface area contributed by atoms with Gasteiger partial charge in [0, 0.05) is 30.9 Å². The van der Waals surface area contributed by atoms with Crippen molar-refractivity contribution in [3.8, 4) is 0 Å². The van der Waals surface area contributed by atoms with E-state index in [9.17, 15) is 9.59 Å². The van der Waals surface area contributed by atoms with E-state index in [0.29, 0.717) is 0 Å². The molecule has 0 aliphatic carbocycles. The summed E-state index contributed by atoms with van der Waals surface area (Å²) in [4.78, 5) is 20.4. The predicted octanol–water partition coefficient (Wildman–Crippen LogP) is 10.3. The monoisotopic (exact) mass is 691 g/mol. The fourth-order valence-electron chi connectivity index (χ4n) is 2.14. The minimum atomic E-state index is -1.71. The number of amides is 2. The SMILES string of the molecule is C[Si](C)(C)C([NH-])=O.C[Si](C)(C)C([NH-])=O.[Cl][Zr][Cl].[Ga].c1ccc2[cH-]ccc2c1.c1ccc2[cH-]ccc2c1. The first-order valence-electron chi connectivity index (χ1n) is 10.9. The van der Waals surface area contributed by atoms with E-state index in [1.165, 1.54) is 21.5 Å². The normalized spacial score (nSPS) is 9.89. The average Bonchev–Trinajstić information content (AvgIpc) is 3.43. The Balaban J connectivity index is 0. The Morgan fingerprint density at radius 2 is 0.917 bits per heavy atom. The molecule has 0 aliphatic heterocycles. The van der Waals surface area contributed by atoms with Gasteiger partial charge < -0.3 is 21.1 Å². The molecule has 0 bridgehead atoms. The number of halogens is 2. The Bertz CT molecular complexity index is 1010. The number of carbonyl (C=O) groups excluding carboxylic acids is 2. The Kier molecular flexibility index (Phi) is 19.9. The molecule has 0 heterocycles. The van der Waals surface area contributed by atoms with Crippen molar-refractivity contribution in [1.29, 1.82) is 0 Å². The third-order valence-electron chi connectivity index (χ3n) is 4.46. The van der Waals surface area contributed by atoms with Gasteiger partial charge in [-0.05, 0) is 0 Å². The predicted molar refractivity (Wildman–Crippen MR) is 163 cm³/mol. The van der Waals surface area contributed by atoms with Crippen molar-refractivity contribution in [2.75, 3.05) is 0 Å². The molecule has 0 aromatic heterocycles. The van der Waals surface area contributed by atoms with Gasteiger partial charge in [0.1, 0.15) is 0 Å². The van der Waals surface area contributed by atoms with Crippen molar-refractivity contribution in [1.82, 2.24) is 0 Å². The van der Waals surface area contributed by atoms with Crippen molar-refractivity contribution in [3.63, 3.8) is 0 Å². The van der Waals surface area contributed by atoms with Crippen LogP contribution in [0, 0.1) is 0 Å². The Morgan fingerprint density at radius 3 is 1.14 bits per heavy atom. The number of fused-ring (bicyclic) bond motifs is 2. The van der Waals surface area contributed by atoms with E-state index >= 15 is 0 Å². The van der Waals surface area contributed by atoms with Crippen LogP contribution in [0.4, 0.5) is 9.59 Å². The average molecular weight is 695 g/mol. The molecule has 4 aromatic rings. The van der Waals surface area contributed by atoms with E-state index in [1.807, 2.05) is 39.3 Å². The quantitative estimate of drug-likeness (QED) is 0.155.